The first-order valence-corrected chi connectivity index (χ1v) is 11.7. The van der Waals surface area contributed by atoms with Gasteiger partial charge >= 0.3 is 0 Å². The number of likely N-dealkylation sites (tertiary alicyclic amines) is 1. The normalized spacial score (nSPS) is 22.3. The van der Waals surface area contributed by atoms with Crippen LogP contribution in [0.1, 0.15) is 38.7 Å². The summed E-state index contributed by atoms with van der Waals surface area (Å²) in [7, 11) is 0. The smallest absolute Gasteiger partial charge is 0.233 e. The number of anilines is 1. The molecular formula is C22H31N5OS. The van der Waals surface area contributed by atoms with Crippen LogP contribution in [0.2, 0.25) is 0 Å². The van der Waals surface area contributed by atoms with Crippen molar-refractivity contribution in [3.8, 4) is 5.69 Å². The van der Waals surface area contributed by atoms with Crippen molar-refractivity contribution in [2.45, 2.75) is 45.2 Å². The van der Waals surface area contributed by atoms with E-state index in [9.17, 15) is 4.79 Å². The Morgan fingerprint density at radius 2 is 1.72 bits per heavy atom. The Hall–Kier alpha value is -2.02. The molecule has 0 radical (unpaired) electrons. The van der Waals surface area contributed by atoms with Gasteiger partial charge in [0.05, 0.1) is 11.4 Å². The summed E-state index contributed by atoms with van der Waals surface area (Å²) in [5.41, 5.74) is 2.28. The third-order valence-corrected chi connectivity index (χ3v) is 6.76. The first kappa shape index (κ1) is 20.3. The number of nitrogens with zero attached hydrogens (tertiary/aromatic N) is 5. The molecule has 0 spiro atoms. The predicted molar refractivity (Wildman–Crippen MR) is 118 cm³/mol. The summed E-state index contributed by atoms with van der Waals surface area (Å²) in [6.07, 6.45) is 3.58. The zero-order valence-electron chi connectivity index (χ0n) is 17.7. The lowest BCUT2D eigenvalue weighted by atomic mass is 9.92. The minimum absolute atomic E-state index is 0.203. The molecule has 2 saturated heterocycles. The quantitative estimate of drug-likeness (QED) is 0.699. The van der Waals surface area contributed by atoms with Crippen LogP contribution in [0.3, 0.4) is 0 Å². The highest BCUT2D eigenvalue weighted by Gasteiger charge is 2.27. The molecule has 29 heavy (non-hydrogen) atoms. The maximum Gasteiger partial charge on any atom is 0.233 e. The monoisotopic (exact) mass is 413 g/mol. The molecular weight excluding hydrogens is 382 g/mol. The second-order valence-corrected chi connectivity index (χ2v) is 9.62. The van der Waals surface area contributed by atoms with Gasteiger partial charge in [0.1, 0.15) is 0 Å². The zero-order chi connectivity index (χ0) is 20.4. The van der Waals surface area contributed by atoms with Crippen LogP contribution in [0, 0.1) is 18.8 Å². The van der Waals surface area contributed by atoms with E-state index in [1.807, 2.05) is 4.90 Å². The molecule has 0 N–H and O–H groups in total. The van der Waals surface area contributed by atoms with Gasteiger partial charge < -0.3 is 9.80 Å². The molecule has 0 bridgehead atoms. The Kier molecular flexibility index (Phi) is 6.13. The fraction of sp³-hybridized carbons (Fsp3) is 0.591. The fourth-order valence-corrected chi connectivity index (χ4v) is 5.33. The van der Waals surface area contributed by atoms with E-state index in [1.54, 1.807) is 0 Å². The van der Waals surface area contributed by atoms with Gasteiger partial charge in [0.25, 0.3) is 0 Å². The third kappa shape index (κ3) is 4.60. The van der Waals surface area contributed by atoms with Crippen LogP contribution in [-0.2, 0) is 4.79 Å². The minimum atomic E-state index is 0.203. The number of thioether (sulfide) groups is 1. The van der Waals surface area contributed by atoms with Gasteiger partial charge in [-0.15, -0.1) is 10.2 Å². The average molecular weight is 414 g/mol. The van der Waals surface area contributed by atoms with Gasteiger partial charge in [-0.2, -0.15) is 0 Å². The van der Waals surface area contributed by atoms with Gasteiger partial charge in [0, 0.05) is 26.2 Å². The standard InChI is InChI=1S/C22H31N5OS/c1-16-6-8-19(9-7-16)27-21(25-10-4-5-11-25)23-24-22(27)29-15-20(28)26-13-17(2)12-18(3)14-26/h6-9,17-18H,4-5,10-15H2,1-3H3. The highest BCUT2D eigenvalue weighted by Crippen LogP contribution is 2.29. The van der Waals surface area contributed by atoms with E-state index in [4.69, 9.17) is 0 Å². The Bertz CT molecular complexity index is 833. The van der Waals surface area contributed by atoms with Crippen LogP contribution in [0.15, 0.2) is 29.4 Å². The lowest BCUT2D eigenvalue weighted by Crippen LogP contribution is -2.43. The van der Waals surface area contributed by atoms with Crippen molar-refractivity contribution in [2.24, 2.45) is 11.8 Å². The molecule has 0 aliphatic carbocycles. The van der Waals surface area contributed by atoms with Crippen molar-refractivity contribution in [1.82, 2.24) is 19.7 Å². The predicted octanol–water partition coefficient (Wildman–Crippen LogP) is 3.77. The first-order chi connectivity index (χ1) is 14.0. The first-order valence-electron chi connectivity index (χ1n) is 10.7. The Morgan fingerprint density at radius 3 is 2.38 bits per heavy atom. The van der Waals surface area contributed by atoms with Crippen LogP contribution in [0.5, 0.6) is 0 Å². The van der Waals surface area contributed by atoms with E-state index in [2.05, 4.69) is 64.7 Å². The van der Waals surface area contributed by atoms with Crippen molar-refractivity contribution in [3.63, 3.8) is 0 Å². The number of piperidine rings is 1. The van der Waals surface area contributed by atoms with E-state index in [0.29, 0.717) is 17.6 Å². The Morgan fingerprint density at radius 1 is 1.07 bits per heavy atom. The molecule has 2 atom stereocenters. The summed E-state index contributed by atoms with van der Waals surface area (Å²) in [4.78, 5) is 17.2. The second kappa shape index (κ2) is 8.78. The van der Waals surface area contributed by atoms with Crippen molar-refractivity contribution < 1.29 is 4.79 Å². The molecule has 1 aromatic heterocycles. The summed E-state index contributed by atoms with van der Waals surface area (Å²) in [6, 6.07) is 8.44. The number of rotatable bonds is 5. The number of carbonyl (C=O) groups is 1. The summed E-state index contributed by atoms with van der Waals surface area (Å²) in [5.74, 6) is 2.65. The van der Waals surface area contributed by atoms with Gasteiger partial charge in [0.2, 0.25) is 11.9 Å². The topological polar surface area (TPSA) is 54.3 Å². The number of aryl methyl sites for hydroxylation is 1. The Balaban J connectivity index is 1.54. The van der Waals surface area contributed by atoms with Gasteiger partial charge in [-0.3, -0.25) is 9.36 Å². The molecule has 0 saturated carbocycles. The SMILES string of the molecule is Cc1ccc(-n2c(SCC(=O)N3CC(C)CC(C)C3)nnc2N2CCCC2)cc1. The van der Waals surface area contributed by atoms with Gasteiger partial charge in [-0.05, 0) is 50.2 Å². The van der Waals surface area contributed by atoms with E-state index in [-0.39, 0.29) is 5.91 Å². The van der Waals surface area contributed by atoms with Crippen LogP contribution in [-0.4, -0.2) is 57.5 Å². The van der Waals surface area contributed by atoms with E-state index < -0.39 is 0 Å². The number of hydrogen-bond donors (Lipinski definition) is 0. The second-order valence-electron chi connectivity index (χ2n) is 8.68. The largest absolute Gasteiger partial charge is 0.341 e. The molecule has 2 aliphatic rings. The number of amides is 1. The molecule has 156 valence electrons. The maximum atomic E-state index is 12.9. The van der Waals surface area contributed by atoms with E-state index in [1.165, 1.54) is 36.6 Å². The number of carbonyl (C=O) groups excluding carboxylic acids is 1. The summed E-state index contributed by atoms with van der Waals surface area (Å²) < 4.78 is 2.12. The summed E-state index contributed by atoms with van der Waals surface area (Å²) >= 11 is 1.50. The van der Waals surface area contributed by atoms with Crippen LogP contribution in [0.25, 0.3) is 5.69 Å². The molecule has 1 aromatic carbocycles. The van der Waals surface area contributed by atoms with Crippen LogP contribution >= 0.6 is 11.8 Å². The molecule has 4 rings (SSSR count). The van der Waals surface area contributed by atoms with Gasteiger partial charge in [-0.25, -0.2) is 0 Å². The fourth-order valence-electron chi connectivity index (χ4n) is 4.48. The average Bonchev–Trinajstić information content (AvgIpc) is 3.35. The summed E-state index contributed by atoms with van der Waals surface area (Å²) in [6.45, 7) is 10.3. The van der Waals surface area contributed by atoms with Crippen molar-refractivity contribution in [3.05, 3.63) is 29.8 Å². The van der Waals surface area contributed by atoms with Gasteiger partial charge in [0.15, 0.2) is 5.16 Å². The van der Waals surface area contributed by atoms with E-state index >= 15 is 0 Å². The number of aromatic nitrogens is 3. The minimum Gasteiger partial charge on any atom is -0.341 e. The van der Waals surface area contributed by atoms with Crippen molar-refractivity contribution in [2.75, 3.05) is 36.8 Å². The van der Waals surface area contributed by atoms with E-state index in [0.717, 1.165) is 43.0 Å². The lowest BCUT2D eigenvalue weighted by Gasteiger charge is -2.35. The van der Waals surface area contributed by atoms with Crippen molar-refractivity contribution in [1.29, 1.82) is 0 Å². The number of benzene rings is 1. The van der Waals surface area contributed by atoms with Crippen LogP contribution < -0.4 is 4.90 Å². The highest BCUT2D eigenvalue weighted by molar-refractivity contribution is 7.99. The third-order valence-electron chi connectivity index (χ3n) is 5.84. The zero-order valence-corrected chi connectivity index (χ0v) is 18.5. The molecule has 2 aliphatic heterocycles. The molecule has 2 aromatic rings. The molecule has 6 nitrogen and oxygen atoms in total. The molecule has 2 fully saturated rings. The maximum absolute atomic E-state index is 12.9. The molecule has 1 amide bonds. The highest BCUT2D eigenvalue weighted by atomic mass is 32.2. The molecule has 3 heterocycles. The molecule has 7 heteroatoms. The Labute approximate surface area is 177 Å². The lowest BCUT2D eigenvalue weighted by molar-refractivity contribution is -0.130. The summed E-state index contributed by atoms with van der Waals surface area (Å²) in [5, 5.41) is 9.77. The van der Waals surface area contributed by atoms with Crippen molar-refractivity contribution >= 4 is 23.6 Å². The molecule has 2 unspecified atom stereocenters. The number of hydrogen-bond acceptors (Lipinski definition) is 5. The van der Waals surface area contributed by atoms with Gasteiger partial charge in [-0.1, -0.05) is 43.3 Å². The van der Waals surface area contributed by atoms with Crippen LogP contribution in [0.4, 0.5) is 5.95 Å².